The van der Waals surface area contributed by atoms with Gasteiger partial charge >= 0.3 is 5.97 Å². The maximum absolute atomic E-state index is 12.4. The van der Waals surface area contributed by atoms with E-state index in [1.165, 1.54) is 4.90 Å². The Morgan fingerprint density at radius 2 is 1.95 bits per heavy atom. The monoisotopic (exact) mass is 289 g/mol. The number of hydrogen-bond acceptors (Lipinski definition) is 4. The van der Waals surface area contributed by atoms with Crippen molar-refractivity contribution >= 4 is 11.9 Å². The van der Waals surface area contributed by atoms with Gasteiger partial charge in [0, 0.05) is 13.1 Å². The molecule has 0 saturated carbocycles. The molecule has 1 heterocycles. The lowest BCUT2D eigenvalue weighted by molar-refractivity contribution is 0.0654. The van der Waals surface area contributed by atoms with Gasteiger partial charge in [-0.2, -0.15) is 0 Å². The maximum atomic E-state index is 12.4. The Morgan fingerprint density at radius 3 is 2.57 bits per heavy atom. The summed E-state index contributed by atoms with van der Waals surface area (Å²) in [6, 6.07) is 9.24. The SMILES string of the molecule is O=C(O)c1[nH]cnc1C(=O)N(CCO)Cc1ccccc1. The molecule has 0 saturated heterocycles. The van der Waals surface area contributed by atoms with Crippen LogP contribution in [0.3, 0.4) is 0 Å². The lowest BCUT2D eigenvalue weighted by Gasteiger charge is -2.21. The second kappa shape index (κ2) is 6.67. The summed E-state index contributed by atoms with van der Waals surface area (Å²) < 4.78 is 0. The summed E-state index contributed by atoms with van der Waals surface area (Å²) in [5.74, 6) is -1.79. The van der Waals surface area contributed by atoms with Gasteiger partial charge in [-0.1, -0.05) is 30.3 Å². The van der Waals surface area contributed by atoms with Gasteiger partial charge in [0.25, 0.3) is 5.91 Å². The van der Waals surface area contributed by atoms with Crippen LogP contribution in [0.4, 0.5) is 0 Å². The fourth-order valence-corrected chi connectivity index (χ4v) is 1.95. The predicted molar refractivity (Wildman–Crippen MR) is 73.8 cm³/mol. The summed E-state index contributed by atoms with van der Waals surface area (Å²) in [7, 11) is 0. The van der Waals surface area contributed by atoms with Gasteiger partial charge in [-0.05, 0) is 5.56 Å². The third-order valence-corrected chi connectivity index (χ3v) is 2.93. The molecular weight excluding hydrogens is 274 g/mol. The molecule has 3 N–H and O–H groups in total. The summed E-state index contributed by atoms with van der Waals surface area (Å²) in [6.45, 7) is 0.150. The van der Waals surface area contributed by atoms with Crippen LogP contribution < -0.4 is 0 Å². The van der Waals surface area contributed by atoms with Crippen molar-refractivity contribution in [1.29, 1.82) is 0 Å². The summed E-state index contributed by atoms with van der Waals surface area (Å²) in [5, 5.41) is 18.1. The molecule has 1 amide bonds. The second-order valence-corrected chi connectivity index (χ2v) is 4.37. The first-order chi connectivity index (χ1) is 10.1. The number of aliphatic hydroxyl groups excluding tert-OH is 1. The van der Waals surface area contributed by atoms with Crippen LogP contribution in [-0.2, 0) is 6.54 Å². The topological polar surface area (TPSA) is 107 Å². The zero-order valence-corrected chi connectivity index (χ0v) is 11.2. The number of carboxylic acid groups (broad SMARTS) is 1. The first-order valence-electron chi connectivity index (χ1n) is 6.34. The van der Waals surface area contributed by atoms with Gasteiger partial charge in [0.2, 0.25) is 0 Å². The van der Waals surface area contributed by atoms with E-state index in [9.17, 15) is 9.59 Å². The van der Waals surface area contributed by atoms with Gasteiger partial charge in [0.1, 0.15) is 0 Å². The Kier molecular flexibility index (Phi) is 4.68. The third-order valence-electron chi connectivity index (χ3n) is 2.93. The molecule has 21 heavy (non-hydrogen) atoms. The molecule has 7 heteroatoms. The molecule has 0 aliphatic heterocycles. The molecule has 0 aliphatic carbocycles. The minimum atomic E-state index is -1.25. The lowest BCUT2D eigenvalue weighted by atomic mass is 10.2. The molecule has 110 valence electrons. The molecule has 0 atom stereocenters. The van der Waals surface area contributed by atoms with Gasteiger partial charge < -0.3 is 20.1 Å². The number of hydrogen-bond donors (Lipinski definition) is 3. The van der Waals surface area contributed by atoms with Crippen LogP contribution in [-0.4, -0.2) is 50.1 Å². The number of amides is 1. The Balaban J connectivity index is 2.23. The number of nitrogens with zero attached hydrogens (tertiary/aromatic N) is 2. The van der Waals surface area contributed by atoms with Crippen molar-refractivity contribution in [3.8, 4) is 0 Å². The molecule has 0 spiro atoms. The van der Waals surface area contributed by atoms with E-state index in [2.05, 4.69) is 9.97 Å². The second-order valence-electron chi connectivity index (χ2n) is 4.37. The molecule has 0 radical (unpaired) electrons. The number of aliphatic hydroxyl groups is 1. The van der Waals surface area contributed by atoms with Gasteiger partial charge in [0.15, 0.2) is 11.4 Å². The van der Waals surface area contributed by atoms with Crippen molar-refractivity contribution in [3.63, 3.8) is 0 Å². The minimum Gasteiger partial charge on any atom is -0.477 e. The van der Waals surface area contributed by atoms with Gasteiger partial charge in [-0.15, -0.1) is 0 Å². The molecule has 0 fully saturated rings. The van der Waals surface area contributed by atoms with Crippen molar-refractivity contribution in [2.75, 3.05) is 13.2 Å². The standard InChI is InChI=1S/C14H15N3O4/c18-7-6-17(8-10-4-2-1-3-5-10)13(19)11-12(14(20)21)16-9-15-11/h1-5,9,18H,6-8H2,(H,15,16)(H,20,21). The van der Waals surface area contributed by atoms with Crippen LogP contribution in [0.2, 0.25) is 0 Å². The molecular formula is C14H15N3O4. The van der Waals surface area contributed by atoms with E-state index in [1.54, 1.807) is 0 Å². The molecule has 0 aliphatic rings. The van der Waals surface area contributed by atoms with E-state index in [0.29, 0.717) is 0 Å². The molecule has 0 bridgehead atoms. The smallest absolute Gasteiger partial charge is 0.354 e. The molecule has 0 unspecified atom stereocenters. The van der Waals surface area contributed by atoms with Crippen molar-refractivity contribution in [2.45, 2.75) is 6.54 Å². The van der Waals surface area contributed by atoms with E-state index >= 15 is 0 Å². The summed E-state index contributed by atoms with van der Waals surface area (Å²) >= 11 is 0. The fourth-order valence-electron chi connectivity index (χ4n) is 1.95. The van der Waals surface area contributed by atoms with Crippen LogP contribution in [0.1, 0.15) is 26.5 Å². The van der Waals surface area contributed by atoms with Crippen LogP contribution in [0.15, 0.2) is 36.7 Å². The zero-order valence-electron chi connectivity index (χ0n) is 11.2. The van der Waals surface area contributed by atoms with Crippen molar-refractivity contribution < 1.29 is 19.8 Å². The number of H-pyrrole nitrogens is 1. The fraction of sp³-hybridized carbons (Fsp3) is 0.214. The largest absolute Gasteiger partial charge is 0.477 e. The highest BCUT2D eigenvalue weighted by molar-refractivity contribution is 6.02. The molecule has 2 rings (SSSR count). The Morgan fingerprint density at radius 1 is 1.24 bits per heavy atom. The maximum Gasteiger partial charge on any atom is 0.354 e. The van der Waals surface area contributed by atoms with E-state index < -0.39 is 11.9 Å². The Hall–Kier alpha value is -2.67. The first kappa shape index (κ1) is 14.7. The number of carbonyl (C=O) groups is 2. The van der Waals surface area contributed by atoms with Gasteiger partial charge in [-0.3, -0.25) is 4.79 Å². The first-order valence-corrected chi connectivity index (χ1v) is 6.34. The average Bonchev–Trinajstić information content (AvgIpc) is 2.97. The normalized spacial score (nSPS) is 10.3. The predicted octanol–water partition coefficient (Wildman–Crippen LogP) is 0.743. The highest BCUT2D eigenvalue weighted by Crippen LogP contribution is 2.11. The summed E-state index contributed by atoms with van der Waals surface area (Å²) in [5.41, 5.74) is 0.467. The van der Waals surface area contributed by atoms with Crippen LogP contribution in [0, 0.1) is 0 Å². The van der Waals surface area contributed by atoms with E-state index in [0.717, 1.165) is 11.9 Å². The number of aromatic amines is 1. The Labute approximate surface area is 120 Å². The highest BCUT2D eigenvalue weighted by atomic mass is 16.4. The number of carboxylic acids is 1. The van der Waals surface area contributed by atoms with E-state index in [4.69, 9.17) is 10.2 Å². The number of rotatable bonds is 6. The summed E-state index contributed by atoms with van der Waals surface area (Å²) in [6.07, 6.45) is 1.16. The quantitative estimate of drug-likeness (QED) is 0.727. The lowest BCUT2D eigenvalue weighted by Crippen LogP contribution is -2.34. The number of imidazole rings is 1. The van der Waals surface area contributed by atoms with E-state index in [1.807, 2.05) is 30.3 Å². The van der Waals surface area contributed by atoms with Gasteiger partial charge in [0.05, 0.1) is 12.9 Å². The number of aromatic carboxylic acids is 1. The average molecular weight is 289 g/mol. The van der Waals surface area contributed by atoms with Crippen LogP contribution in [0.25, 0.3) is 0 Å². The number of benzene rings is 1. The molecule has 7 nitrogen and oxygen atoms in total. The highest BCUT2D eigenvalue weighted by Gasteiger charge is 2.24. The number of aromatic nitrogens is 2. The Bertz CT molecular complexity index is 624. The minimum absolute atomic E-state index is 0.0969. The summed E-state index contributed by atoms with van der Waals surface area (Å²) in [4.78, 5) is 31.0. The van der Waals surface area contributed by atoms with Crippen molar-refractivity contribution in [2.24, 2.45) is 0 Å². The number of nitrogens with one attached hydrogen (secondary N) is 1. The van der Waals surface area contributed by atoms with Crippen molar-refractivity contribution in [3.05, 3.63) is 53.6 Å². The zero-order chi connectivity index (χ0) is 15.2. The molecule has 2 aromatic rings. The van der Waals surface area contributed by atoms with E-state index in [-0.39, 0.29) is 31.1 Å². The molecule has 1 aromatic carbocycles. The van der Waals surface area contributed by atoms with Crippen molar-refractivity contribution in [1.82, 2.24) is 14.9 Å². The molecule has 1 aromatic heterocycles. The van der Waals surface area contributed by atoms with Crippen LogP contribution in [0.5, 0.6) is 0 Å². The van der Waals surface area contributed by atoms with Gasteiger partial charge in [-0.25, -0.2) is 9.78 Å². The third kappa shape index (κ3) is 3.46. The number of carbonyl (C=O) groups excluding carboxylic acids is 1. The van der Waals surface area contributed by atoms with Crippen LogP contribution >= 0.6 is 0 Å².